The van der Waals surface area contributed by atoms with E-state index in [-0.39, 0.29) is 0 Å². The number of hydrogen-bond donors (Lipinski definition) is 1. The molecule has 4 rings (SSSR count). The van der Waals surface area contributed by atoms with Gasteiger partial charge in [0.2, 0.25) is 0 Å². The van der Waals surface area contributed by atoms with E-state index in [1.807, 2.05) is 24.4 Å². The lowest BCUT2D eigenvalue weighted by Crippen LogP contribution is -1.98. The highest BCUT2D eigenvalue weighted by Gasteiger charge is 2.10. The second kappa shape index (κ2) is 5.05. The fraction of sp³-hybridized carbons (Fsp3) is 0.0667. The fourth-order valence-electron chi connectivity index (χ4n) is 2.54. The van der Waals surface area contributed by atoms with Crippen LogP contribution in [0.15, 0.2) is 46.4 Å². The van der Waals surface area contributed by atoms with E-state index in [0.29, 0.717) is 0 Å². The predicted octanol–water partition coefficient (Wildman–Crippen LogP) is 5.12. The summed E-state index contributed by atoms with van der Waals surface area (Å²) in [4.78, 5) is 9.00. The smallest absolute Gasteiger partial charge is 0.178 e. The van der Waals surface area contributed by atoms with E-state index in [0.717, 1.165) is 37.0 Å². The topological polar surface area (TPSA) is 33.6 Å². The van der Waals surface area contributed by atoms with Crippen molar-refractivity contribution in [1.29, 1.82) is 0 Å². The Morgan fingerprint density at radius 1 is 1.24 bits per heavy atom. The number of aromatic amines is 1. The van der Waals surface area contributed by atoms with E-state index in [1.165, 1.54) is 4.88 Å². The average molecular weight is 376 g/mol. The summed E-state index contributed by atoms with van der Waals surface area (Å²) in [6.07, 6.45) is 1.86. The van der Waals surface area contributed by atoms with E-state index in [2.05, 4.69) is 48.7 Å². The molecule has 0 amide bonds. The first-order valence-corrected chi connectivity index (χ1v) is 8.44. The summed E-state index contributed by atoms with van der Waals surface area (Å²) >= 11 is 10.7. The van der Waals surface area contributed by atoms with Crippen molar-refractivity contribution in [3.63, 3.8) is 0 Å². The number of benzene rings is 1. The van der Waals surface area contributed by atoms with Crippen LogP contribution in [0.3, 0.4) is 0 Å². The van der Waals surface area contributed by atoms with Crippen LogP contribution in [-0.2, 0) is 6.54 Å². The van der Waals surface area contributed by atoms with Gasteiger partial charge in [0, 0.05) is 10.3 Å². The molecule has 0 saturated carbocycles. The molecule has 0 aliphatic rings. The van der Waals surface area contributed by atoms with Gasteiger partial charge in [0.25, 0.3) is 0 Å². The van der Waals surface area contributed by atoms with Gasteiger partial charge in [-0.25, -0.2) is 0 Å². The van der Waals surface area contributed by atoms with Crippen LogP contribution in [0.1, 0.15) is 4.88 Å². The maximum absolute atomic E-state index is 5.49. The molecule has 3 heterocycles. The zero-order valence-corrected chi connectivity index (χ0v) is 14.1. The zero-order valence-electron chi connectivity index (χ0n) is 10.8. The molecule has 0 bridgehead atoms. The van der Waals surface area contributed by atoms with Gasteiger partial charge in [0.1, 0.15) is 0 Å². The van der Waals surface area contributed by atoms with Crippen molar-refractivity contribution in [2.45, 2.75) is 6.54 Å². The van der Waals surface area contributed by atoms with Gasteiger partial charge in [-0.15, -0.1) is 11.3 Å². The molecule has 104 valence electrons. The van der Waals surface area contributed by atoms with E-state index in [4.69, 9.17) is 12.2 Å². The average Bonchev–Trinajstić information content (AvgIpc) is 3.03. The van der Waals surface area contributed by atoms with Crippen LogP contribution in [0.4, 0.5) is 0 Å². The predicted molar refractivity (Wildman–Crippen MR) is 93.5 cm³/mol. The largest absolute Gasteiger partial charge is 0.329 e. The van der Waals surface area contributed by atoms with Crippen LogP contribution in [0, 0.1) is 4.77 Å². The normalized spacial score (nSPS) is 11.5. The number of imidazole rings is 1. The minimum atomic E-state index is 0.729. The van der Waals surface area contributed by atoms with Crippen LogP contribution in [0.5, 0.6) is 0 Å². The summed E-state index contributed by atoms with van der Waals surface area (Å²) in [5.41, 5.74) is 3.09. The van der Waals surface area contributed by atoms with Crippen molar-refractivity contribution < 1.29 is 0 Å². The molecule has 0 aliphatic heterocycles. The van der Waals surface area contributed by atoms with Gasteiger partial charge in [-0.05, 0) is 46.3 Å². The minimum Gasteiger partial charge on any atom is -0.329 e. The molecule has 0 atom stereocenters. The lowest BCUT2D eigenvalue weighted by molar-refractivity contribution is 0.825. The van der Waals surface area contributed by atoms with Gasteiger partial charge < -0.3 is 9.55 Å². The SMILES string of the molecule is S=c1[nH]c2cnc3ccccc3c2n1Cc1ccc(Br)s1. The number of fused-ring (bicyclic) bond motifs is 3. The molecule has 0 fully saturated rings. The molecule has 3 aromatic heterocycles. The molecule has 0 unspecified atom stereocenters. The van der Waals surface area contributed by atoms with E-state index < -0.39 is 0 Å². The zero-order chi connectivity index (χ0) is 14.4. The molecule has 6 heteroatoms. The maximum Gasteiger partial charge on any atom is 0.178 e. The number of rotatable bonds is 2. The van der Waals surface area contributed by atoms with Crippen molar-refractivity contribution in [2.24, 2.45) is 0 Å². The first-order chi connectivity index (χ1) is 10.2. The number of H-pyrrole nitrogens is 1. The van der Waals surface area contributed by atoms with Gasteiger partial charge in [0.05, 0.1) is 33.1 Å². The summed E-state index contributed by atoms with van der Waals surface area (Å²) < 4.78 is 4.01. The number of pyridine rings is 1. The van der Waals surface area contributed by atoms with Crippen molar-refractivity contribution in [1.82, 2.24) is 14.5 Å². The molecule has 1 N–H and O–H groups in total. The van der Waals surface area contributed by atoms with Crippen LogP contribution < -0.4 is 0 Å². The number of aromatic nitrogens is 3. The third-order valence-electron chi connectivity index (χ3n) is 3.45. The Bertz CT molecular complexity index is 1010. The standard InChI is InChI=1S/C15H10BrN3S2/c16-13-6-5-9(21-13)8-19-14-10-3-1-2-4-11(10)17-7-12(14)18-15(19)20/h1-7H,8H2,(H,18,20). The van der Waals surface area contributed by atoms with Gasteiger partial charge in [0.15, 0.2) is 4.77 Å². The number of halogens is 1. The Balaban J connectivity index is 2.01. The molecule has 0 spiro atoms. The molecule has 0 saturated heterocycles. The van der Waals surface area contributed by atoms with Gasteiger partial charge in [-0.2, -0.15) is 0 Å². The Hall–Kier alpha value is -1.50. The lowest BCUT2D eigenvalue weighted by Gasteiger charge is -2.05. The highest BCUT2D eigenvalue weighted by Crippen LogP contribution is 2.27. The Kier molecular flexibility index (Phi) is 3.17. The van der Waals surface area contributed by atoms with E-state index >= 15 is 0 Å². The molecule has 0 aliphatic carbocycles. The van der Waals surface area contributed by atoms with Crippen LogP contribution in [0.25, 0.3) is 21.9 Å². The summed E-state index contributed by atoms with van der Waals surface area (Å²) in [7, 11) is 0. The molecule has 3 nitrogen and oxygen atoms in total. The summed E-state index contributed by atoms with van der Waals surface area (Å²) in [5, 5.41) is 1.12. The lowest BCUT2D eigenvalue weighted by atomic mass is 10.2. The van der Waals surface area contributed by atoms with Crippen molar-refractivity contribution in [2.75, 3.05) is 0 Å². The van der Waals surface area contributed by atoms with Crippen LogP contribution in [-0.4, -0.2) is 14.5 Å². The minimum absolute atomic E-state index is 0.729. The van der Waals surface area contributed by atoms with Gasteiger partial charge in [-0.1, -0.05) is 18.2 Å². The van der Waals surface area contributed by atoms with Crippen molar-refractivity contribution in [3.8, 4) is 0 Å². The monoisotopic (exact) mass is 375 g/mol. The van der Waals surface area contributed by atoms with Crippen LogP contribution >= 0.6 is 39.5 Å². The third kappa shape index (κ3) is 2.23. The van der Waals surface area contributed by atoms with Crippen molar-refractivity contribution in [3.05, 3.63) is 56.0 Å². The summed E-state index contributed by atoms with van der Waals surface area (Å²) in [6.45, 7) is 0.767. The van der Waals surface area contributed by atoms with Gasteiger partial charge >= 0.3 is 0 Å². The van der Waals surface area contributed by atoms with Crippen LogP contribution in [0.2, 0.25) is 0 Å². The Morgan fingerprint density at radius 3 is 2.90 bits per heavy atom. The Morgan fingerprint density at radius 2 is 2.10 bits per heavy atom. The molecule has 21 heavy (non-hydrogen) atoms. The number of para-hydroxylation sites is 1. The molecule has 4 aromatic rings. The highest BCUT2D eigenvalue weighted by molar-refractivity contribution is 9.11. The van der Waals surface area contributed by atoms with E-state index in [1.54, 1.807) is 11.3 Å². The fourth-order valence-corrected chi connectivity index (χ4v) is 4.27. The summed E-state index contributed by atoms with van der Waals surface area (Å²) in [6, 6.07) is 12.3. The highest BCUT2D eigenvalue weighted by atomic mass is 79.9. The second-order valence-electron chi connectivity index (χ2n) is 4.76. The number of hydrogen-bond acceptors (Lipinski definition) is 3. The quantitative estimate of drug-likeness (QED) is 0.493. The maximum atomic E-state index is 5.49. The van der Waals surface area contributed by atoms with E-state index in [9.17, 15) is 0 Å². The Labute approximate surface area is 138 Å². The van der Waals surface area contributed by atoms with Gasteiger partial charge in [-0.3, -0.25) is 4.98 Å². The molecular formula is C15H10BrN3S2. The molecule has 0 radical (unpaired) electrons. The second-order valence-corrected chi connectivity index (χ2v) is 7.69. The molecular weight excluding hydrogens is 366 g/mol. The first-order valence-electron chi connectivity index (χ1n) is 6.43. The number of thiophene rings is 1. The first kappa shape index (κ1) is 13.2. The number of nitrogens with one attached hydrogen (secondary N) is 1. The number of nitrogens with zero attached hydrogens (tertiary/aromatic N) is 2. The van der Waals surface area contributed by atoms with Crippen molar-refractivity contribution >= 4 is 61.4 Å². The molecule has 1 aromatic carbocycles. The summed E-state index contributed by atoms with van der Waals surface area (Å²) in [5.74, 6) is 0. The third-order valence-corrected chi connectivity index (χ3v) is 5.38.